The fourth-order valence-electron chi connectivity index (χ4n) is 2.26. The summed E-state index contributed by atoms with van der Waals surface area (Å²) in [6.07, 6.45) is 9.40. The molecular formula is C13H13N8S+. The Balaban J connectivity index is 1.79. The van der Waals surface area contributed by atoms with Crippen LogP contribution < -0.4 is 10.00 Å². The molecule has 0 aliphatic rings. The first kappa shape index (κ1) is 12.9. The highest BCUT2D eigenvalue weighted by Crippen LogP contribution is 2.24. The Morgan fingerprint density at radius 2 is 2.27 bits per heavy atom. The third-order valence-electron chi connectivity index (χ3n) is 3.23. The molecule has 4 aromatic rings. The molecule has 8 nitrogen and oxygen atoms in total. The molecular weight excluding hydrogens is 300 g/mol. The monoisotopic (exact) mass is 313 g/mol. The molecule has 0 atom stereocenters. The molecule has 2 N–H and O–H groups in total. The summed E-state index contributed by atoms with van der Waals surface area (Å²) in [5.74, 6) is 1.40. The zero-order valence-electron chi connectivity index (χ0n) is 12.0. The molecule has 4 rings (SSSR count). The third kappa shape index (κ3) is 2.11. The molecule has 0 saturated carbocycles. The smallest absolute Gasteiger partial charge is 0.208 e. The molecule has 0 bridgehead atoms. The van der Waals surface area contributed by atoms with Crippen molar-refractivity contribution >= 4 is 28.1 Å². The van der Waals surface area contributed by atoms with Crippen LogP contribution in [0.25, 0.3) is 16.9 Å². The summed E-state index contributed by atoms with van der Waals surface area (Å²) in [4.78, 5) is 13.1. The summed E-state index contributed by atoms with van der Waals surface area (Å²) in [5.41, 5.74) is 2.79. The van der Waals surface area contributed by atoms with Gasteiger partial charge < -0.3 is 5.32 Å². The number of aromatic amines is 1. The Bertz CT molecular complexity index is 950. The van der Waals surface area contributed by atoms with Gasteiger partial charge >= 0.3 is 0 Å². The van der Waals surface area contributed by atoms with Gasteiger partial charge in [0.25, 0.3) is 0 Å². The SMILES string of the molecule is Cc1nsc(Nc2nccn3c(-c4c[nH][n+](C)c4)cnc23)n1. The molecule has 110 valence electrons. The number of aryl methyl sites for hydroxylation is 2. The maximum Gasteiger partial charge on any atom is 0.208 e. The van der Waals surface area contributed by atoms with E-state index in [1.54, 1.807) is 6.20 Å². The highest BCUT2D eigenvalue weighted by molar-refractivity contribution is 7.09. The molecule has 0 spiro atoms. The Morgan fingerprint density at radius 1 is 1.36 bits per heavy atom. The van der Waals surface area contributed by atoms with Crippen LogP contribution in [0.5, 0.6) is 0 Å². The van der Waals surface area contributed by atoms with Gasteiger partial charge in [0.1, 0.15) is 5.82 Å². The van der Waals surface area contributed by atoms with Crippen LogP contribution >= 0.6 is 11.5 Å². The molecule has 0 saturated heterocycles. The van der Waals surface area contributed by atoms with Crippen molar-refractivity contribution in [2.45, 2.75) is 6.92 Å². The van der Waals surface area contributed by atoms with Crippen molar-refractivity contribution in [1.29, 1.82) is 0 Å². The van der Waals surface area contributed by atoms with Gasteiger partial charge in [-0.3, -0.25) is 4.40 Å². The minimum atomic E-state index is 0.657. The third-order valence-corrected chi connectivity index (χ3v) is 3.95. The van der Waals surface area contributed by atoms with Gasteiger partial charge in [-0.05, 0) is 6.92 Å². The lowest BCUT2D eigenvalue weighted by Crippen LogP contribution is -2.27. The number of anilines is 2. The predicted octanol–water partition coefficient (Wildman–Crippen LogP) is 1.45. The summed E-state index contributed by atoms with van der Waals surface area (Å²) in [7, 11) is 1.94. The van der Waals surface area contributed by atoms with Crippen LogP contribution in [0, 0.1) is 6.92 Å². The van der Waals surface area contributed by atoms with Crippen LogP contribution in [0.1, 0.15) is 5.82 Å². The summed E-state index contributed by atoms with van der Waals surface area (Å²) in [6, 6.07) is 0. The quantitative estimate of drug-likeness (QED) is 0.559. The van der Waals surface area contributed by atoms with E-state index in [0.717, 1.165) is 22.7 Å². The first-order valence-electron chi connectivity index (χ1n) is 6.64. The molecule has 0 fully saturated rings. The molecule has 0 aliphatic carbocycles. The van der Waals surface area contributed by atoms with Crippen LogP contribution in [0.2, 0.25) is 0 Å². The Kier molecular flexibility index (Phi) is 2.86. The zero-order valence-corrected chi connectivity index (χ0v) is 12.8. The van der Waals surface area contributed by atoms with E-state index in [4.69, 9.17) is 0 Å². The van der Waals surface area contributed by atoms with Crippen molar-refractivity contribution in [1.82, 2.24) is 28.8 Å². The number of imidazole rings is 1. The zero-order chi connectivity index (χ0) is 15.1. The van der Waals surface area contributed by atoms with E-state index in [-0.39, 0.29) is 0 Å². The largest absolute Gasteiger partial charge is 0.312 e. The molecule has 0 unspecified atom stereocenters. The second-order valence-electron chi connectivity index (χ2n) is 4.85. The van der Waals surface area contributed by atoms with Gasteiger partial charge in [0.15, 0.2) is 18.5 Å². The maximum atomic E-state index is 4.48. The van der Waals surface area contributed by atoms with Gasteiger partial charge in [0.2, 0.25) is 11.3 Å². The molecule has 0 aromatic carbocycles. The maximum absolute atomic E-state index is 4.48. The van der Waals surface area contributed by atoms with Gasteiger partial charge in [0, 0.05) is 23.9 Å². The normalized spacial score (nSPS) is 11.2. The van der Waals surface area contributed by atoms with E-state index >= 15 is 0 Å². The van der Waals surface area contributed by atoms with Crippen molar-refractivity contribution in [2.75, 3.05) is 5.32 Å². The van der Waals surface area contributed by atoms with E-state index in [1.807, 2.05) is 47.8 Å². The average Bonchev–Trinajstić information content (AvgIpc) is 3.19. The van der Waals surface area contributed by atoms with E-state index < -0.39 is 0 Å². The minimum Gasteiger partial charge on any atom is -0.312 e. The molecule has 9 heteroatoms. The number of hydrogen-bond acceptors (Lipinski definition) is 6. The van der Waals surface area contributed by atoms with Crippen LogP contribution in [0.4, 0.5) is 10.9 Å². The summed E-state index contributed by atoms with van der Waals surface area (Å²) >= 11 is 1.30. The van der Waals surface area contributed by atoms with Crippen LogP contribution in [-0.4, -0.2) is 28.8 Å². The van der Waals surface area contributed by atoms with Gasteiger partial charge in [0.05, 0.1) is 23.7 Å². The van der Waals surface area contributed by atoms with E-state index in [1.165, 1.54) is 11.5 Å². The molecule has 4 heterocycles. The fourth-order valence-corrected chi connectivity index (χ4v) is 2.84. The average molecular weight is 313 g/mol. The van der Waals surface area contributed by atoms with E-state index in [0.29, 0.717) is 10.9 Å². The lowest BCUT2D eigenvalue weighted by Gasteiger charge is -2.03. The fraction of sp³-hybridized carbons (Fsp3) is 0.154. The second-order valence-corrected chi connectivity index (χ2v) is 5.61. The van der Waals surface area contributed by atoms with E-state index in [9.17, 15) is 0 Å². The second kappa shape index (κ2) is 4.88. The lowest BCUT2D eigenvalue weighted by molar-refractivity contribution is -0.726. The number of aromatic nitrogens is 7. The number of nitrogens with one attached hydrogen (secondary N) is 2. The van der Waals surface area contributed by atoms with Crippen LogP contribution in [0.15, 0.2) is 31.0 Å². The van der Waals surface area contributed by atoms with Gasteiger partial charge in [-0.25, -0.2) is 15.0 Å². The summed E-state index contributed by atoms with van der Waals surface area (Å²) < 4.78 is 8.04. The highest BCUT2D eigenvalue weighted by Gasteiger charge is 2.14. The van der Waals surface area contributed by atoms with Gasteiger partial charge in [-0.1, -0.05) is 0 Å². The van der Waals surface area contributed by atoms with Crippen molar-refractivity contribution < 1.29 is 4.68 Å². The number of rotatable bonds is 3. The topological polar surface area (TPSA) is 87.7 Å². The van der Waals surface area contributed by atoms with Crippen LogP contribution in [-0.2, 0) is 7.05 Å². The van der Waals surface area contributed by atoms with Gasteiger partial charge in [-0.2, -0.15) is 9.47 Å². The molecule has 0 radical (unpaired) electrons. The van der Waals surface area contributed by atoms with Gasteiger partial charge in [-0.15, -0.1) is 4.68 Å². The minimum absolute atomic E-state index is 0.657. The lowest BCUT2D eigenvalue weighted by atomic mass is 10.3. The van der Waals surface area contributed by atoms with Crippen molar-refractivity contribution in [2.24, 2.45) is 7.05 Å². The molecule has 4 aromatic heterocycles. The predicted molar refractivity (Wildman–Crippen MR) is 81.9 cm³/mol. The Morgan fingerprint density at radius 3 is 3.00 bits per heavy atom. The molecule has 0 aliphatic heterocycles. The first-order chi connectivity index (χ1) is 10.7. The van der Waals surface area contributed by atoms with Crippen molar-refractivity contribution in [3.05, 3.63) is 36.8 Å². The standard InChI is InChI=1S/C13H12N8S/c1-8-17-13(22-19-8)18-11-12-15-6-10(21(12)4-3-14-11)9-5-16-20(2)7-9/h3-7H,1-2H3,(H,14,17,18,19)/p+1. The Hall–Kier alpha value is -2.81. The number of nitrogens with zero attached hydrogens (tertiary/aromatic N) is 6. The van der Waals surface area contributed by atoms with Crippen molar-refractivity contribution in [3.63, 3.8) is 0 Å². The molecule has 22 heavy (non-hydrogen) atoms. The van der Waals surface area contributed by atoms with E-state index in [2.05, 4.69) is 29.7 Å². The number of H-pyrrole nitrogens is 1. The number of hydrogen-bond donors (Lipinski definition) is 2. The van der Waals surface area contributed by atoms with Crippen molar-refractivity contribution in [3.8, 4) is 11.3 Å². The first-order valence-corrected chi connectivity index (χ1v) is 7.42. The number of fused-ring (bicyclic) bond motifs is 1. The summed E-state index contributed by atoms with van der Waals surface area (Å²) in [6.45, 7) is 1.86. The molecule has 0 amide bonds. The highest BCUT2D eigenvalue weighted by atomic mass is 32.1. The summed E-state index contributed by atoms with van der Waals surface area (Å²) in [5, 5.41) is 6.99. The Labute approximate surface area is 129 Å². The van der Waals surface area contributed by atoms with Crippen LogP contribution in [0.3, 0.4) is 0 Å².